The molecule has 4 aromatic rings. The molecule has 0 radical (unpaired) electrons. The second-order valence-electron chi connectivity index (χ2n) is 6.44. The number of carbonyl (C=O) groups is 1. The zero-order valence-electron chi connectivity index (χ0n) is 15.9. The summed E-state index contributed by atoms with van der Waals surface area (Å²) in [6.45, 7) is 3.57. The minimum Gasteiger partial charge on any atom is -0.360 e. The third-order valence-electron chi connectivity index (χ3n) is 4.15. The van der Waals surface area contributed by atoms with Crippen LogP contribution < -0.4 is 10.6 Å². The number of benzene rings is 2. The van der Waals surface area contributed by atoms with E-state index in [-0.39, 0.29) is 5.91 Å². The number of hydrogen-bond acceptors (Lipinski definition) is 7. The van der Waals surface area contributed by atoms with E-state index < -0.39 is 5.25 Å². The van der Waals surface area contributed by atoms with Crippen LogP contribution in [-0.4, -0.2) is 26.3 Å². The first-order valence-corrected chi connectivity index (χ1v) is 9.96. The van der Waals surface area contributed by atoms with Crippen molar-refractivity contribution in [2.75, 3.05) is 10.6 Å². The van der Waals surface area contributed by atoms with Crippen molar-refractivity contribution in [2.45, 2.75) is 24.3 Å². The average Bonchev–Trinajstić information content (AvgIpc) is 3.13. The van der Waals surface area contributed by atoms with Crippen LogP contribution in [0.1, 0.15) is 12.7 Å². The highest BCUT2D eigenvalue weighted by Gasteiger charge is 2.19. The Morgan fingerprint density at radius 2 is 1.83 bits per heavy atom. The number of rotatable bonds is 6. The number of thioether (sulfide) groups is 1. The zero-order chi connectivity index (χ0) is 20.2. The fourth-order valence-corrected chi connectivity index (χ4v) is 3.50. The van der Waals surface area contributed by atoms with E-state index in [9.17, 15) is 4.79 Å². The number of aromatic nitrogens is 3. The first-order chi connectivity index (χ1) is 14.1. The van der Waals surface area contributed by atoms with Gasteiger partial charge in [0.2, 0.25) is 5.91 Å². The lowest BCUT2D eigenvalue weighted by atomic mass is 10.2. The van der Waals surface area contributed by atoms with Crippen LogP contribution in [0.5, 0.6) is 0 Å². The third kappa shape index (κ3) is 4.55. The lowest BCUT2D eigenvalue weighted by Crippen LogP contribution is -2.22. The van der Waals surface area contributed by atoms with E-state index in [1.54, 1.807) is 19.9 Å². The van der Waals surface area contributed by atoms with Gasteiger partial charge in [0.1, 0.15) is 11.6 Å². The number of nitrogens with zero attached hydrogens (tertiary/aromatic N) is 3. The van der Waals surface area contributed by atoms with Crippen LogP contribution in [0.25, 0.3) is 10.9 Å². The van der Waals surface area contributed by atoms with Gasteiger partial charge < -0.3 is 15.2 Å². The lowest BCUT2D eigenvalue weighted by Gasteiger charge is -2.13. The van der Waals surface area contributed by atoms with Gasteiger partial charge in [-0.15, -0.1) is 0 Å². The minimum atomic E-state index is -0.419. The molecule has 1 atom stereocenters. The molecule has 0 saturated heterocycles. The smallest absolute Gasteiger partial charge is 0.238 e. The molecule has 146 valence electrons. The van der Waals surface area contributed by atoms with Gasteiger partial charge in [0, 0.05) is 17.1 Å². The number of anilines is 3. The van der Waals surface area contributed by atoms with Crippen molar-refractivity contribution in [2.24, 2.45) is 0 Å². The summed E-state index contributed by atoms with van der Waals surface area (Å²) in [7, 11) is 0. The quantitative estimate of drug-likeness (QED) is 0.352. The molecule has 7 nitrogen and oxygen atoms in total. The molecule has 0 aliphatic heterocycles. The molecular formula is C21H19N5O2S. The van der Waals surface area contributed by atoms with E-state index in [1.807, 2.05) is 54.6 Å². The number of para-hydroxylation sites is 2. The van der Waals surface area contributed by atoms with Gasteiger partial charge >= 0.3 is 0 Å². The summed E-state index contributed by atoms with van der Waals surface area (Å²) in [6.07, 6.45) is 0. The molecule has 8 heteroatoms. The molecule has 0 aliphatic rings. The van der Waals surface area contributed by atoms with Crippen LogP contribution in [0.15, 0.2) is 70.3 Å². The van der Waals surface area contributed by atoms with Gasteiger partial charge in [-0.2, -0.15) is 0 Å². The molecule has 29 heavy (non-hydrogen) atoms. The highest BCUT2D eigenvalue weighted by atomic mass is 32.2. The maximum Gasteiger partial charge on any atom is 0.238 e. The fourth-order valence-electron chi connectivity index (χ4n) is 2.73. The fraction of sp³-hybridized carbons (Fsp3) is 0.143. The topological polar surface area (TPSA) is 92.9 Å². The normalized spacial score (nSPS) is 11.9. The highest BCUT2D eigenvalue weighted by molar-refractivity contribution is 8.00. The van der Waals surface area contributed by atoms with E-state index in [0.29, 0.717) is 22.6 Å². The maximum absolute atomic E-state index is 12.5. The van der Waals surface area contributed by atoms with Crippen molar-refractivity contribution in [1.82, 2.24) is 15.1 Å². The largest absolute Gasteiger partial charge is 0.360 e. The lowest BCUT2D eigenvalue weighted by molar-refractivity contribution is -0.115. The van der Waals surface area contributed by atoms with E-state index in [0.717, 1.165) is 16.6 Å². The molecule has 0 fully saturated rings. The molecule has 4 rings (SSSR count). The van der Waals surface area contributed by atoms with Gasteiger partial charge in [-0.3, -0.25) is 4.79 Å². The Kier molecular flexibility index (Phi) is 5.44. The van der Waals surface area contributed by atoms with Gasteiger partial charge in [0.15, 0.2) is 11.0 Å². The van der Waals surface area contributed by atoms with E-state index >= 15 is 0 Å². The van der Waals surface area contributed by atoms with Gasteiger partial charge in [0.25, 0.3) is 0 Å². The first-order valence-electron chi connectivity index (χ1n) is 9.08. The molecule has 2 heterocycles. The third-order valence-corrected chi connectivity index (χ3v) is 5.11. The van der Waals surface area contributed by atoms with Gasteiger partial charge in [-0.1, -0.05) is 47.3 Å². The molecule has 1 amide bonds. The summed E-state index contributed by atoms with van der Waals surface area (Å²) in [5, 5.41) is 10.9. The van der Waals surface area contributed by atoms with Crippen LogP contribution in [0.4, 0.5) is 17.3 Å². The van der Waals surface area contributed by atoms with Crippen LogP contribution >= 0.6 is 11.8 Å². The summed E-state index contributed by atoms with van der Waals surface area (Å²) in [5.41, 5.74) is 1.74. The summed E-state index contributed by atoms with van der Waals surface area (Å²) < 4.78 is 4.98. The first kappa shape index (κ1) is 18.9. The molecule has 1 unspecified atom stereocenters. The molecule has 0 bridgehead atoms. The van der Waals surface area contributed by atoms with Gasteiger partial charge in [-0.05, 0) is 38.1 Å². The number of fused-ring (bicyclic) bond motifs is 1. The van der Waals surface area contributed by atoms with Crippen LogP contribution in [0.2, 0.25) is 0 Å². The summed E-state index contributed by atoms with van der Waals surface area (Å²) in [6, 6.07) is 19.3. The highest BCUT2D eigenvalue weighted by Crippen LogP contribution is 2.29. The Morgan fingerprint density at radius 1 is 1.07 bits per heavy atom. The van der Waals surface area contributed by atoms with Crippen molar-refractivity contribution >= 4 is 45.9 Å². The summed E-state index contributed by atoms with van der Waals surface area (Å²) in [5.74, 6) is 1.53. The van der Waals surface area contributed by atoms with E-state index in [2.05, 4.69) is 25.8 Å². The number of aryl methyl sites for hydroxylation is 1. The molecule has 2 aromatic heterocycles. The Morgan fingerprint density at radius 3 is 2.59 bits per heavy atom. The number of amides is 1. The van der Waals surface area contributed by atoms with Crippen LogP contribution in [0.3, 0.4) is 0 Å². The summed E-state index contributed by atoms with van der Waals surface area (Å²) in [4.78, 5) is 21.7. The number of hydrogen-bond donors (Lipinski definition) is 2. The van der Waals surface area contributed by atoms with Crippen molar-refractivity contribution in [3.8, 4) is 0 Å². The Bertz CT molecular complexity index is 1150. The van der Waals surface area contributed by atoms with Crippen molar-refractivity contribution in [1.29, 1.82) is 0 Å². The van der Waals surface area contributed by atoms with Crippen molar-refractivity contribution in [3.63, 3.8) is 0 Å². The van der Waals surface area contributed by atoms with Crippen LogP contribution in [0, 0.1) is 6.92 Å². The zero-order valence-corrected chi connectivity index (χ0v) is 16.7. The number of carbonyl (C=O) groups excluding carboxylic acids is 1. The molecule has 2 aromatic carbocycles. The average molecular weight is 405 g/mol. The predicted molar refractivity (Wildman–Crippen MR) is 114 cm³/mol. The van der Waals surface area contributed by atoms with Crippen molar-refractivity contribution in [3.05, 3.63) is 66.4 Å². The van der Waals surface area contributed by atoms with Crippen molar-refractivity contribution < 1.29 is 9.32 Å². The maximum atomic E-state index is 12.5. The second-order valence-corrected chi connectivity index (χ2v) is 7.74. The Labute approximate surface area is 171 Å². The molecular weight excluding hydrogens is 386 g/mol. The second kappa shape index (κ2) is 8.32. The number of nitrogens with one attached hydrogen (secondary N) is 2. The monoisotopic (exact) mass is 405 g/mol. The standard InChI is InChI=1S/C21H19N5O2S/c1-13-12-18(26-28-13)24-20(27)14(2)29-21-23-17-11-7-6-10-16(17)19(25-21)22-15-8-4-3-5-9-15/h3-12,14H,1-2H3,(H,22,23,25)(H,24,26,27). The van der Waals surface area contributed by atoms with Gasteiger partial charge in [0.05, 0.1) is 10.8 Å². The Balaban J connectivity index is 1.57. The summed E-state index contributed by atoms with van der Waals surface area (Å²) >= 11 is 1.28. The van der Waals surface area contributed by atoms with E-state index in [1.165, 1.54) is 11.8 Å². The molecule has 2 N–H and O–H groups in total. The van der Waals surface area contributed by atoms with Crippen LogP contribution in [-0.2, 0) is 4.79 Å². The molecule has 0 saturated carbocycles. The van der Waals surface area contributed by atoms with Gasteiger partial charge in [-0.25, -0.2) is 9.97 Å². The SMILES string of the molecule is Cc1cc(NC(=O)C(C)Sc2nc(Nc3ccccc3)c3ccccc3n2)no1. The Hall–Kier alpha value is -3.39. The molecule has 0 aliphatic carbocycles. The van der Waals surface area contributed by atoms with E-state index in [4.69, 9.17) is 4.52 Å². The molecule has 0 spiro atoms. The predicted octanol–water partition coefficient (Wildman–Crippen LogP) is 4.79. The minimum absolute atomic E-state index is 0.197.